The number of allylic oxidation sites excluding steroid dienone is 2. The maximum Gasteiger partial charge on any atom is 0.332 e. The molecule has 0 saturated carbocycles. The Balaban J connectivity index is 2.75. The smallest absolute Gasteiger partial charge is 0.332 e. The minimum Gasteiger partial charge on any atom is -0.478 e. The molecule has 1 N–H and O–H groups in total. The first-order valence-corrected chi connectivity index (χ1v) is 3.81. The molecule has 0 atom stereocenters. The molecule has 0 amide bonds. The predicted molar refractivity (Wildman–Crippen MR) is 48.3 cm³/mol. The average molecular weight is 178 g/mol. The van der Waals surface area contributed by atoms with Gasteiger partial charge < -0.3 is 9.52 Å². The SMILES string of the molecule is C=CC=C(Cc1ccco1)C(=O)O. The number of carboxylic acids is 1. The molecule has 0 aliphatic carbocycles. The molecular formula is C10H10O3. The molecule has 0 radical (unpaired) electrons. The summed E-state index contributed by atoms with van der Waals surface area (Å²) in [6.07, 6.45) is 4.72. The summed E-state index contributed by atoms with van der Waals surface area (Å²) in [5.41, 5.74) is 0.268. The highest BCUT2D eigenvalue weighted by molar-refractivity contribution is 5.87. The zero-order valence-electron chi connectivity index (χ0n) is 7.06. The van der Waals surface area contributed by atoms with E-state index in [1.807, 2.05) is 0 Å². The monoisotopic (exact) mass is 178 g/mol. The zero-order valence-corrected chi connectivity index (χ0v) is 7.06. The van der Waals surface area contributed by atoms with Crippen LogP contribution in [0.2, 0.25) is 0 Å². The van der Waals surface area contributed by atoms with Crippen molar-refractivity contribution in [1.82, 2.24) is 0 Å². The predicted octanol–water partition coefficient (Wildman–Crippen LogP) is 2.02. The number of carboxylic acid groups (broad SMARTS) is 1. The van der Waals surface area contributed by atoms with Gasteiger partial charge in [0.05, 0.1) is 6.26 Å². The number of hydrogen-bond acceptors (Lipinski definition) is 2. The average Bonchev–Trinajstić information content (AvgIpc) is 2.56. The van der Waals surface area contributed by atoms with Crippen molar-refractivity contribution in [2.45, 2.75) is 6.42 Å². The van der Waals surface area contributed by atoms with Crippen LogP contribution in [-0.4, -0.2) is 11.1 Å². The highest BCUT2D eigenvalue weighted by Crippen LogP contribution is 2.08. The Labute approximate surface area is 76.0 Å². The van der Waals surface area contributed by atoms with Gasteiger partial charge in [-0.2, -0.15) is 0 Å². The molecule has 1 heterocycles. The Morgan fingerprint density at radius 3 is 2.92 bits per heavy atom. The van der Waals surface area contributed by atoms with Crippen molar-refractivity contribution in [2.75, 3.05) is 0 Å². The van der Waals surface area contributed by atoms with Gasteiger partial charge in [0.25, 0.3) is 0 Å². The van der Waals surface area contributed by atoms with Gasteiger partial charge in [0.1, 0.15) is 5.76 Å². The van der Waals surface area contributed by atoms with Crippen LogP contribution < -0.4 is 0 Å². The van der Waals surface area contributed by atoms with Crippen molar-refractivity contribution in [3.63, 3.8) is 0 Å². The topological polar surface area (TPSA) is 50.4 Å². The Bertz CT molecular complexity index is 320. The molecule has 13 heavy (non-hydrogen) atoms. The van der Waals surface area contributed by atoms with Gasteiger partial charge in [-0.1, -0.05) is 18.7 Å². The second-order valence-electron chi connectivity index (χ2n) is 2.49. The third-order valence-corrected chi connectivity index (χ3v) is 1.54. The van der Waals surface area contributed by atoms with Crippen molar-refractivity contribution >= 4 is 5.97 Å². The van der Waals surface area contributed by atoms with Crippen LogP contribution >= 0.6 is 0 Å². The highest BCUT2D eigenvalue weighted by atomic mass is 16.4. The first kappa shape index (κ1) is 9.32. The summed E-state index contributed by atoms with van der Waals surface area (Å²) in [6.45, 7) is 3.44. The fourth-order valence-corrected chi connectivity index (χ4v) is 0.949. The van der Waals surface area contributed by atoms with Crippen molar-refractivity contribution < 1.29 is 14.3 Å². The van der Waals surface area contributed by atoms with Crippen LogP contribution in [0, 0.1) is 0 Å². The lowest BCUT2D eigenvalue weighted by atomic mass is 10.1. The normalized spacial score (nSPS) is 11.2. The second kappa shape index (κ2) is 4.30. The molecule has 0 aliphatic heterocycles. The Morgan fingerprint density at radius 2 is 2.46 bits per heavy atom. The van der Waals surface area contributed by atoms with E-state index in [0.29, 0.717) is 5.76 Å². The molecule has 68 valence electrons. The third kappa shape index (κ3) is 2.63. The van der Waals surface area contributed by atoms with E-state index >= 15 is 0 Å². The minimum absolute atomic E-state index is 0.268. The quantitative estimate of drug-likeness (QED) is 0.566. The Kier molecular flexibility index (Phi) is 3.09. The van der Waals surface area contributed by atoms with E-state index in [1.54, 1.807) is 12.1 Å². The summed E-state index contributed by atoms with van der Waals surface area (Å²) in [6, 6.07) is 3.46. The van der Waals surface area contributed by atoms with E-state index in [4.69, 9.17) is 9.52 Å². The molecule has 0 unspecified atom stereocenters. The van der Waals surface area contributed by atoms with Crippen LogP contribution in [0.1, 0.15) is 5.76 Å². The Hall–Kier alpha value is -1.77. The standard InChI is InChI=1S/C10H10O3/c1-2-4-8(10(11)12)7-9-5-3-6-13-9/h2-6H,1,7H2,(H,11,12). The molecule has 1 aromatic heterocycles. The van der Waals surface area contributed by atoms with E-state index in [0.717, 1.165) is 0 Å². The first-order valence-electron chi connectivity index (χ1n) is 3.81. The lowest BCUT2D eigenvalue weighted by Crippen LogP contribution is -2.02. The zero-order chi connectivity index (χ0) is 9.68. The van der Waals surface area contributed by atoms with E-state index in [2.05, 4.69) is 6.58 Å². The summed E-state index contributed by atoms with van der Waals surface area (Å²) < 4.78 is 5.02. The molecule has 0 aliphatic rings. The summed E-state index contributed by atoms with van der Waals surface area (Å²) in [7, 11) is 0. The van der Waals surface area contributed by atoms with Gasteiger partial charge in [-0.15, -0.1) is 0 Å². The molecule has 1 rings (SSSR count). The summed E-state index contributed by atoms with van der Waals surface area (Å²) in [5.74, 6) is -0.313. The van der Waals surface area contributed by atoms with Crippen LogP contribution in [0.5, 0.6) is 0 Å². The minimum atomic E-state index is -0.948. The number of aliphatic carboxylic acids is 1. The van der Waals surface area contributed by atoms with Crippen molar-refractivity contribution in [1.29, 1.82) is 0 Å². The summed E-state index contributed by atoms with van der Waals surface area (Å²) in [5, 5.41) is 8.75. The van der Waals surface area contributed by atoms with E-state index < -0.39 is 5.97 Å². The van der Waals surface area contributed by atoms with Crippen LogP contribution in [0.3, 0.4) is 0 Å². The number of hydrogen-bond donors (Lipinski definition) is 1. The van der Waals surface area contributed by atoms with E-state index in [-0.39, 0.29) is 12.0 Å². The van der Waals surface area contributed by atoms with Gasteiger partial charge in [-0.05, 0) is 12.1 Å². The van der Waals surface area contributed by atoms with Crippen LogP contribution in [0.25, 0.3) is 0 Å². The molecular weight excluding hydrogens is 168 g/mol. The fourth-order valence-electron chi connectivity index (χ4n) is 0.949. The molecule has 1 aromatic rings. The van der Waals surface area contributed by atoms with Crippen molar-refractivity contribution in [3.05, 3.63) is 48.5 Å². The fraction of sp³-hybridized carbons (Fsp3) is 0.100. The lowest BCUT2D eigenvalue weighted by molar-refractivity contribution is -0.132. The van der Waals surface area contributed by atoms with Gasteiger partial charge >= 0.3 is 5.97 Å². The largest absolute Gasteiger partial charge is 0.478 e. The van der Waals surface area contributed by atoms with Gasteiger partial charge in [-0.25, -0.2) is 4.79 Å². The summed E-state index contributed by atoms with van der Waals surface area (Å²) >= 11 is 0. The van der Waals surface area contributed by atoms with E-state index in [9.17, 15) is 4.79 Å². The van der Waals surface area contributed by atoms with Crippen LogP contribution in [0.15, 0.2) is 47.1 Å². The van der Waals surface area contributed by atoms with Gasteiger partial charge in [-0.3, -0.25) is 0 Å². The summed E-state index contributed by atoms with van der Waals surface area (Å²) in [4.78, 5) is 10.7. The second-order valence-corrected chi connectivity index (χ2v) is 2.49. The molecule has 0 bridgehead atoms. The van der Waals surface area contributed by atoms with Crippen molar-refractivity contribution in [2.24, 2.45) is 0 Å². The molecule has 0 aromatic carbocycles. The molecule has 0 fully saturated rings. The number of rotatable bonds is 4. The first-order chi connectivity index (χ1) is 6.24. The molecule has 0 saturated heterocycles. The number of furan rings is 1. The Morgan fingerprint density at radius 1 is 1.69 bits per heavy atom. The maximum absolute atomic E-state index is 10.7. The number of carbonyl (C=O) groups is 1. The maximum atomic E-state index is 10.7. The highest BCUT2D eigenvalue weighted by Gasteiger charge is 2.08. The van der Waals surface area contributed by atoms with Gasteiger partial charge in [0.15, 0.2) is 0 Å². The third-order valence-electron chi connectivity index (χ3n) is 1.54. The molecule has 3 heteroatoms. The van der Waals surface area contributed by atoms with Crippen molar-refractivity contribution in [3.8, 4) is 0 Å². The van der Waals surface area contributed by atoms with E-state index in [1.165, 1.54) is 18.4 Å². The molecule has 0 spiro atoms. The van der Waals surface area contributed by atoms with Gasteiger partial charge in [0.2, 0.25) is 0 Å². The lowest BCUT2D eigenvalue weighted by Gasteiger charge is -1.97. The van der Waals surface area contributed by atoms with Crippen LogP contribution in [0.4, 0.5) is 0 Å². The molecule has 3 nitrogen and oxygen atoms in total. The van der Waals surface area contributed by atoms with Gasteiger partial charge in [0, 0.05) is 12.0 Å². The van der Waals surface area contributed by atoms with Crippen LogP contribution in [-0.2, 0) is 11.2 Å².